The first-order valence-corrected chi connectivity index (χ1v) is 12.1. The SMILES string of the molecule is COc1cccc(-c2cc(CNC(=O)c3oc4c(c3C)-c3nn(Cc5ccccn5)cc3CC4)no2)c1. The Balaban J connectivity index is 1.18. The molecule has 9 heteroatoms. The van der Waals surface area contributed by atoms with Crippen molar-refractivity contribution in [3.8, 4) is 28.3 Å². The molecule has 1 aliphatic rings. The lowest BCUT2D eigenvalue weighted by atomic mass is 9.93. The molecule has 37 heavy (non-hydrogen) atoms. The van der Waals surface area contributed by atoms with Gasteiger partial charge in [-0.2, -0.15) is 5.10 Å². The molecule has 0 radical (unpaired) electrons. The maximum Gasteiger partial charge on any atom is 0.287 e. The minimum Gasteiger partial charge on any atom is -0.497 e. The highest BCUT2D eigenvalue weighted by Crippen LogP contribution is 2.38. The smallest absolute Gasteiger partial charge is 0.287 e. The van der Waals surface area contributed by atoms with E-state index in [1.807, 2.05) is 54.1 Å². The molecule has 0 atom stereocenters. The summed E-state index contributed by atoms with van der Waals surface area (Å²) in [6.45, 7) is 2.70. The molecule has 1 N–H and O–H groups in total. The molecule has 0 saturated heterocycles. The zero-order valence-electron chi connectivity index (χ0n) is 20.5. The lowest BCUT2D eigenvalue weighted by Gasteiger charge is -2.09. The number of pyridine rings is 1. The predicted molar refractivity (Wildman–Crippen MR) is 135 cm³/mol. The van der Waals surface area contributed by atoms with E-state index in [1.165, 1.54) is 0 Å². The normalized spacial score (nSPS) is 12.2. The van der Waals surface area contributed by atoms with Gasteiger partial charge in [0.1, 0.15) is 17.2 Å². The molecule has 5 aromatic rings. The maximum atomic E-state index is 13.1. The van der Waals surface area contributed by atoms with E-state index in [2.05, 4.69) is 21.7 Å². The Kier molecular flexibility index (Phi) is 5.80. The molecule has 0 saturated carbocycles. The number of aryl methyl sites for hydroxylation is 2. The fourth-order valence-electron chi connectivity index (χ4n) is 4.68. The van der Waals surface area contributed by atoms with Gasteiger partial charge < -0.3 is 19.0 Å². The zero-order chi connectivity index (χ0) is 25.4. The van der Waals surface area contributed by atoms with Gasteiger partial charge in [-0.15, -0.1) is 0 Å². The first-order valence-electron chi connectivity index (χ1n) is 12.1. The molecule has 4 aromatic heterocycles. The van der Waals surface area contributed by atoms with E-state index in [-0.39, 0.29) is 12.5 Å². The summed E-state index contributed by atoms with van der Waals surface area (Å²) in [6.07, 6.45) is 5.37. The van der Waals surface area contributed by atoms with E-state index in [0.29, 0.717) is 23.8 Å². The summed E-state index contributed by atoms with van der Waals surface area (Å²) in [5.41, 5.74) is 6.10. The molecule has 0 bridgehead atoms. The van der Waals surface area contributed by atoms with Gasteiger partial charge in [0, 0.05) is 41.6 Å². The number of fused-ring (bicyclic) bond motifs is 3. The van der Waals surface area contributed by atoms with Gasteiger partial charge in [0.2, 0.25) is 0 Å². The number of rotatable bonds is 7. The third kappa shape index (κ3) is 4.40. The molecule has 1 amide bonds. The fraction of sp³-hybridized carbons (Fsp3) is 0.214. The summed E-state index contributed by atoms with van der Waals surface area (Å²) in [4.78, 5) is 17.5. The van der Waals surface area contributed by atoms with Crippen LogP contribution in [0.4, 0.5) is 0 Å². The number of nitrogens with zero attached hydrogens (tertiary/aromatic N) is 4. The van der Waals surface area contributed by atoms with Crippen LogP contribution in [-0.2, 0) is 25.9 Å². The summed E-state index contributed by atoms with van der Waals surface area (Å²) >= 11 is 0. The number of amides is 1. The van der Waals surface area contributed by atoms with Crippen molar-refractivity contribution in [3.05, 3.63) is 95.0 Å². The standard InChI is InChI=1S/C28H25N5O4/c1-17-25-23(10-9-19-15-33(31-26(19)25)16-20-7-3-4-11-29-20)36-27(17)28(34)30-14-21-13-24(37-32-21)18-6-5-8-22(12-18)35-2/h3-8,11-13,15H,9-10,14,16H2,1-2H3,(H,30,34). The summed E-state index contributed by atoms with van der Waals surface area (Å²) < 4.78 is 18.7. The first kappa shape index (κ1) is 22.8. The maximum absolute atomic E-state index is 13.1. The Hall–Kier alpha value is -4.66. The van der Waals surface area contributed by atoms with Crippen molar-refractivity contribution in [1.29, 1.82) is 0 Å². The highest BCUT2D eigenvalue weighted by molar-refractivity contribution is 5.95. The van der Waals surface area contributed by atoms with Crippen LogP contribution in [0.15, 0.2) is 69.9 Å². The predicted octanol–water partition coefficient (Wildman–Crippen LogP) is 4.59. The Labute approximate surface area is 213 Å². The number of hydrogen-bond acceptors (Lipinski definition) is 7. The second-order valence-electron chi connectivity index (χ2n) is 8.97. The Morgan fingerprint density at radius 1 is 1.14 bits per heavy atom. The van der Waals surface area contributed by atoms with E-state index < -0.39 is 0 Å². The van der Waals surface area contributed by atoms with Crippen molar-refractivity contribution in [2.45, 2.75) is 32.9 Å². The van der Waals surface area contributed by atoms with Gasteiger partial charge in [-0.25, -0.2) is 0 Å². The number of carbonyl (C=O) groups excluding carboxylic acids is 1. The molecule has 1 aliphatic carbocycles. The number of furan rings is 1. The lowest BCUT2D eigenvalue weighted by molar-refractivity contribution is 0.0919. The topological polar surface area (TPSA) is 108 Å². The molecule has 0 fully saturated rings. The van der Waals surface area contributed by atoms with Crippen LogP contribution in [-0.4, -0.2) is 32.9 Å². The minimum absolute atomic E-state index is 0.209. The third-order valence-corrected chi connectivity index (χ3v) is 6.52. The Morgan fingerprint density at radius 2 is 2.05 bits per heavy atom. The second kappa shape index (κ2) is 9.42. The van der Waals surface area contributed by atoms with Gasteiger partial charge >= 0.3 is 0 Å². The third-order valence-electron chi connectivity index (χ3n) is 6.52. The van der Waals surface area contributed by atoms with Gasteiger partial charge in [-0.05, 0) is 43.2 Å². The van der Waals surface area contributed by atoms with Crippen molar-refractivity contribution in [1.82, 2.24) is 25.2 Å². The van der Waals surface area contributed by atoms with Crippen LogP contribution in [0.3, 0.4) is 0 Å². The lowest BCUT2D eigenvalue weighted by Crippen LogP contribution is -2.23. The number of hydrogen-bond donors (Lipinski definition) is 1. The summed E-state index contributed by atoms with van der Waals surface area (Å²) in [7, 11) is 1.61. The van der Waals surface area contributed by atoms with Gasteiger partial charge in [0.05, 0.1) is 31.6 Å². The molecule has 4 heterocycles. The van der Waals surface area contributed by atoms with Crippen LogP contribution in [0.1, 0.15) is 38.8 Å². The van der Waals surface area contributed by atoms with E-state index in [1.54, 1.807) is 19.4 Å². The van der Waals surface area contributed by atoms with Crippen LogP contribution in [0.5, 0.6) is 5.75 Å². The van der Waals surface area contributed by atoms with Crippen LogP contribution in [0, 0.1) is 6.92 Å². The second-order valence-corrected chi connectivity index (χ2v) is 8.97. The molecular weight excluding hydrogens is 470 g/mol. The van der Waals surface area contributed by atoms with Gasteiger partial charge in [-0.3, -0.25) is 14.5 Å². The molecule has 6 rings (SSSR count). The number of ether oxygens (including phenoxy) is 1. The van der Waals surface area contributed by atoms with Crippen molar-refractivity contribution >= 4 is 5.91 Å². The molecule has 0 unspecified atom stereocenters. The number of aromatic nitrogens is 4. The average Bonchev–Trinajstić information content (AvgIpc) is 3.65. The molecule has 0 aliphatic heterocycles. The number of benzene rings is 1. The largest absolute Gasteiger partial charge is 0.497 e. The Bertz CT molecular complexity index is 1580. The van der Waals surface area contributed by atoms with E-state index >= 15 is 0 Å². The van der Waals surface area contributed by atoms with E-state index in [0.717, 1.165) is 58.0 Å². The monoisotopic (exact) mass is 495 g/mol. The summed E-state index contributed by atoms with van der Waals surface area (Å²) in [5.74, 6) is 2.12. The van der Waals surface area contributed by atoms with Crippen LogP contribution < -0.4 is 10.1 Å². The fourth-order valence-corrected chi connectivity index (χ4v) is 4.68. The van der Waals surface area contributed by atoms with Crippen molar-refractivity contribution in [3.63, 3.8) is 0 Å². The molecule has 186 valence electrons. The van der Waals surface area contributed by atoms with Gasteiger partial charge in [0.25, 0.3) is 5.91 Å². The van der Waals surface area contributed by atoms with Crippen LogP contribution >= 0.6 is 0 Å². The summed E-state index contributed by atoms with van der Waals surface area (Å²) in [6, 6.07) is 15.2. The molecular formula is C28H25N5O4. The highest BCUT2D eigenvalue weighted by Gasteiger charge is 2.29. The molecule has 9 nitrogen and oxygen atoms in total. The summed E-state index contributed by atoms with van der Waals surface area (Å²) in [5, 5.41) is 11.8. The zero-order valence-corrected chi connectivity index (χ0v) is 20.5. The van der Waals surface area contributed by atoms with E-state index in [4.69, 9.17) is 18.8 Å². The van der Waals surface area contributed by atoms with Gasteiger partial charge in [-0.1, -0.05) is 23.4 Å². The van der Waals surface area contributed by atoms with Crippen LogP contribution in [0.2, 0.25) is 0 Å². The quantitative estimate of drug-likeness (QED) is 0.352. The number of methoxy groups -OCH3 is 1. The highest BCUT2D eigenvalue weighted by atomic mass is 16.5. The average molecular weight is 496 g/mol. The number of nitrogens with one attached hydrogen (secondary N) is 1. The first-order chi connectivity index (χ1) is 18.1. The number of carbonyl (C=O) groups is 1. The van der Waals surface area contributed by atoms with Crippen molar-refractivity contribution < 1.29 is 18.5 Å². The van der Waals surface area contributed by atoms with Crippen molar-refractivity contribution in [2.24, 2.45) is 0 Å². The van der Waals surface area contributed by atoms with Crippen molar-refractivity contribution in [2.75, 3.05) is 7.11 Å². The Morgan fingerprint density at radius 3 is 2.89 bits per heavy atom. The molecule has 1 aromatic carbocycles. The van der Waals surface area contributed by atoms with Gasteiger partial charge in [0.15, 0.2) is 11.5 Å². The van der Waals surface area contributed by atoms with Crippen LogP contribution in [0.25, 0.3) is 22.6 Å². The van der Waals surface area contributed by atoms with E-state index in [9.17, 15) is 4.79 Å². The molecule has 0 spiro atoms. The minimum atomic E-state index is -0.299.